The molecule has 1 aliphatic carbocycles. The van der Waals surface area contributed by atoms with Gasteiger partial charge in [-0.05, 0) is 37.8 Å². The number of nitrogens with one attached hydrogen (secondary N) is 2. The van der Waals surface area contributed by atoms with Gasteiger partial charge < -0.3 is 10.6 Å². The van der Waals surface area contributed by atoms with Crippen molar-refractivity contribution in [2.45, 2.75) is 52.3 Å². The summed E-state index contributed by atoms with van der Waals surface area (Å²) in [4.78, 5) is 16.9. The molecule has 33 heavy (non-hydrogen) atoms. The Morgan fingerprint density at radius 1 is 1.21 bits per heavy atom. The lowest BCUT2D eigenvalue weighted by molar-refractivity contribution is -0.126. The zero-order chi connectivity index (χ0) is 23.8. The van der Waals surface area contributed by atoms with Crippen molar-refractivity contribution in [3.8, 4) is 0 Å². The first-order chi connectivity index (χ1) is 15.7. The van der Waals surface area contributed by atoms with E-state index in [9.17, 15) is 18.0 Å². The minimum Gasteiger partial charge on any atom is -0.354 e. The van der Waals surface area contributed by atoms with Gasteiger partial charge in [-0.3, -0.25) is 9.48 Å². The van der Waals surface area contributed by atoms with Gasteiger partial charge in [-0.2, -0.15) is 18.3 Å². The largest absolute Gasteiger partial charge is 0.393 e. The van der Waals surface area contributed by atoms with Crippen LogP contribution in [0.1, 0.15) is 49.0 Å². The van der Waals surface area contributed by atoms with E-state index in [0.29, 0.717) is 40.4 Å². The molecule has 0 bridgehead atoms. The van der Waals surface area contributed by atoms with Gasteiger partial charge >= 0.3 is 6.18 Å². The topological polar surface area (TPSA) is 71.8 Å². The van der Waals surface area contributed by atoms with Crippen molar-refractivity contribution < 1.29 is 18.0 Å². The molecule has 1 saturated carbocycles. The standard InChI is InChI=1S/C24H26F3N5O/c1-4-21(33)18-13-28-22(30-14(3)15-6-7-15)10-20(18)31-19-9-8-16-12-29-32(5-2)23(16)17(19)11-24(25,26)27/h8-10,12-13,15H,3-7,11H2,1-2H3,(H2,28,30,31). The Morgan fingerprint density at radius 2 is 1.97 bits per heavy atom. The smallest absolute Gasteiger partial charge is 0.354 e. The Morgan fingerprint density at radius 3 is 2.61 bits per heavy atom. The van der Waals surface area contributed by atoms with Gasteiger partial charge in [0, 0.05) is 47.6 Å². The highest BCUT2D eigenvalue weighted by Gasteiger charge is 2.31. The fourth-order valence-corrected chi connectivity index (χ4v) is 3.87. The van der Waals surface area contributed by atoms with Gasteiger partial charge in [0.05, 0.1) is 29.4 Å². The van der Waals surface area contributed by atoms with Crippen LogP contribution in [-0.2, 0) is 13.0 Å². The SMILES string of the molecule is C=C(Nc1cc(Nc2ccc3cnn(CC)c3c2CC(F)(F)F)c(C(=O)CC)cn1)C1CC1. The maximum Gasteiger partial charge on any atom is 0.393 e. The molecule has 1 aromatic carbocycles. The molecule has 0 saturated heterocycles. The Kier molecular flexibility index (Phi) is 6.14. The zero-order valence-corrected chi connectivity index (χ0v) is 18.6. The van der Waals surface area contributed by atoms with Crippen molar-refractivity contribution >= 4 is 33.9 Å². The minimum atomic E-state index is -4.41. The molecule has 2 N–H and O–H groups in total. The Hall–Kier alpha value is -3.36. The molecule has 9 heteroatoms. The quantitative estimate of drug-likeness (QED) is 0.373. The van der Waals surface area contributed by atoms with Crippen molar-refractivity contribution in [1.29, 1.82) is 0 Å². The third kappa shape index (κ3) is 5.02. The summed E-state index contributed by atoms with van der Waals surface area (Å²) >= 11 is 0. The highest BCUT2D eigenvalue weighted by Crippen LogP contribution is 2.37. The summed E-state index contributed by atoms with van der Waals surface area (Å²) in [6.45, 7) is 8.02. The van der Waals surface area contributed by atoms with Crippen LogP contribution < -0.4 is 10.6 Å². The first-order valence-corrected chi connectivity index (χ1v) is 11.0. The number of hydrogen-bond donors (Lipinski definition) is 2. The number of allylic oxidation sites excluding steroid dienone is 1. The summed E-state index contributed by atoms with van der Waals surface area (Å²) in [5.74, 6) is 0.726. The number of hydrogen-bond acceptors (Lipinski definition) is 5. The molecule has 3 aromatic rings. The lowest BCUT2D eigenvalue weighted by atomic mass is 10.0. The number of Topliss-reactive ketones (excluding diaryl/α,β-unsaturated/α-hetero) is 1. The van der Waals surface area contributed by atoms with Gasteiger partial charge in [0.2, 0.25) is 0 Å². The third-order valence-electron chi connectivity index (χ3n) is 5.74. The lowest BCUT2D eigenvalue weighted by Crippen LogP contribution is -2.15. The number of aryl methyl sites for hydroxylation is 1. The first kappa shape index (κ1) is 22.8. The van der Waals surface area contributed by atoms with Crippen LogP contribution in [-0.4, -0.2) is 26.7 Å². The Bertz CT molecular complexity index is 1210. The molecule has 0 amide bonds. The highest BCUT2D eigenvalue weighted by molar-refractivity contribution is 6.02. The zero-order valence-electron chi connectivity index (χ0n) is 18.6. The van der Waals surface area contributed by atoms with Crippen LogP contribution in [0.3, 0.4) is 0 Å². The average Bonchev–Trinajstić information content (AvgIpc) is 3.54. The molecule has 0 spiro atoms. The monoisotopic (exact) mass is 457 g/mol. The number of rotatable bonds is 9. The Balaban J connectivity index is 1.79. The molecule has 6 nitrogen and oxygen atoms in total. The van der Waals surface area contributed by atoms with E-state index in [1.54, 1.807) is 36.0 Å². The molecular formula is C24H26F3N5O. The molecule has 0 radical (unpaired) electrons. The summed E-state index contributed by atoms with van der Waals surface area (Å²) in [6, 6.07) is 4.98. The molecular weight excluding hydrogens is 431 g/mol. The molecule has 0 unspecified atom stereocenters. The van der Waals surface area contributed by atoms with E-state index in [-0.39, 0.29) is 23.5 Å². The summed E-state index contributed by atoms with van der Waals surface area (Å²) in [7, 11) is 0. The Labute approximate surface area is 189 Å². The van der Waals surface area contributed by atoms with Crippen molar-refractivity contribution in [3.63, 3.8) is 0 Å². The van der Waals surface area contributed by atoms with Crippen LogP contribution in [0.2, 0.25) is 0 Å². The molecule has 4 rings (SSSR count). The lowest BCUT2D eigenvalue weighted by Gasteiger charge is -2.18. The maximum absolute atomic E-state index is 13.5. The van der Waals surface area contributed by atoms with Gasteiger partial charge in [-0.25, -0.2) is 4.98 Å². The van der Waals surface area contributed by atoms with E-state index in [2.05, 4.69) is 27.3 Å². The van der Waals surface area contributed by atoms with Crippen molar-refractivity contribution in [1.82, 2.24) is 14.8 Å². The molecule has 2 aromatic heterocycles. The van der Waals surface area contributed by atoms with Crippen molar-refractivity contribution in [2.24, 2.45) is 5.92 Å². The molecule has 2 heterocycles. The van der Waals surface area contributed by atoms with Crippen LogP contribution in [0.25, 0.3) is 10.9 Å². The molecule has 1 aliphatic rings. The number of fused-ring (bicyclic) bond motifs is 1. The van der Waals surface area contributed by atoms with Gasteiger partial charge in [0.25, 0.3) is 0 Å². The van der Waals surface area contributed by atoms with Crippen molar-refractivity contribution in [2.75, 3.05) is 10.6 Å². The number of carbonyl (C=O) groups excluding carboxylic acids is 1. The van der Waals surface area contributed by atoms with E-state index in [0.717, 1.165) is 18.5 Å². The number of halogens is 3. The van der Waals surface area contributed by atoms with E-state index in [1.165, 1.54) is 6.20 Å². The van der Waals surface area contributed by atoms with Crippen LogP contribution >= 0.6 is 0 Å². The number of ketones is 1. The van der Waals surface area contributed by atoms with Gasteiger partial charge in [-0.1, -0.05) is 13.5 Å². The number of alkyl halides is 3. The second-order valence-corrected chi connectivity index (χ2v) is 8.22. The van der Waals surface area contributed by atoms with E-state index in [1.807, 2.05) is 6.92 Å². The predicted molar refractivity (Wildman–Crippen MR) is 123 cm³/mol. The summed E-state index contributed by atoms with van der Waals surface area (Å²) < 4.78 is 42.2. The average molecular weight is 458 g/mol. The van der Waals surface area contributed by atoms with E-state index < -0.39 is 12.6 Å². The van der Waals surface area contributed by atoms with E-state index >= 15 is 0 Å². The van der Waals surface area contributed by atoms with E-state index in [4.69, 9.17) is 0 Å². The molecule has 1 fully saturated rings. The molecule has 174 valence electrons. The summed E-state index contributed by atoms with van der Waals surface area (Å²) in [5.41, 5.74) is 2.35. The summed E-state index contributed by atoms with van der Waals surface area (Å²) in [6.07, 6.45) is -0.145. The predicted octanol–water partition coefficient (Wildman–Crippen LogP) is 6.23. The number of nitrogens with zero attached hydrogens (tertiary/aromatic N) is 3. The fourth-order valence-electron chi connectivity index (χ4n) is 3.87. The first-order valence-electron chi connectivity index (χ1n) is 11.0. The van der Waals surface area contributed by atoms with Gasteiger partial charge in [0.1, 0.15) is 5.82 Å². The second kappa shape index (κ2) is 8.88. The number of anilines is 3. The summed E-state index contributed by atoms with van der Waals surface area (Å²) in [5, 5.41) is 11.1. The second-order valence-electron chi connectivity index (χ2n) is 8.22. The number of aromatic nitrogens is 3. The fraction of sp³-hybridized carbons (Fsp3) is 0.375. The van der Waals surface area contributed by atoms with Crippen LogP contribution in [0.4, 0.5) is 30.4 Å². The van der Waals surface area contributed by atoms with Crippen LogP contribution in [0.15, 0.2) is 42.9 Å². The normalized spacial score (nSPS) is 13.8. The van der Waals surface area contributed by atoms with Gasteiger partial charge in [-0.15, -0.1) is 0 Å². The van der Waals surface area contributed by atoms with Crippen LogP contribution in [0, 0.1) is 5.92 Å². The number of benzene rings is 1. The minimum absolute atomic E-state index is 0.0861. The third-order valence-corrected chi connectivity index (χ3v) is 5.74. The highest BCUT2D eigenvalue weighted by atomic mass is 19.4. The maximum atomic E-state index is 13.5. The van der Waals surface area contributed by atoms with Crippen LogP contribution in [0.5, 0.6) is 0 Å². The molecule has 0 atom stereocenters. The number of carbonyl (C=O) groups is 1. The molecule has 0 aliphatic heterocycles. The van der Waals surface area contributed by atoms with Crippen molar-refractivity contribution in [3.05, 3.63) is 54.0 Å². The van der Waals surface area contributed by atoms with Gasteiger partial charge in [0.15, 0.2) is 5.78 Å². The number of pyridine rings is 1.